The Labute approximate surface area is 173 Å². The molecule has 0 saturated carbocycles. The van der Waals surface area contributed by atoms with Crippen LogP contribution in [0.3, 0.4) is 0 Å². The van der Waals surface area contributed by atoms with Gasteiger partial charge in [0.25, 0.3) is 11.5 Å². The standard InChI is InChI=1S/C23H24FN3O3/c1-2-3-4-7-14-27-19-9-6-5-8-18(19)21(28)20(23(27)30)22(29)26-25-15-16-10-12-17(24)13-11-16/h5-6,8-13,15,28H,2-4,7,14H2,1H3,(H,26,29). The summed E-state index contributed by atoms with van der Waals surface area (Å²) in [5.41, 5.74) is 2.53. The highest BCUT2D eigenvalue weighted by Gasteiger charge is 2.21. The number of aromatic hydroxyl groups is 1. The molecule has 0 aliphatic carbocycles. The molecule has 6 nitrogen and oxygen atoms in total. The molecule has 0 fully saturated rings. The Bertz CT molecular complexity index is 1120. The first-order valence-electron chi connectivity index (χ1n) is 9.96. The summed E-state index contributed by atoms with van der Waals surface area (Å²) < 4.78 is 14.5. The Morgan fingerprint density at radius 1 is 1.13 bits per heavy atom. The molecule has 1 heterocycles. The van der Waals surface area contributed by atoms with Crippen LogP contribution in [0, 0.1) is 5.82 Å². The number of nitrogens with one attached hydrogen (secondary N) is 1. The van der Waals surface area contributed by atoms with Crippen molar-refractivity contribution in [2.24, 2.45) is 5.10 Å². The highest BCUT2D eigenvalue weighted by atomic mass is 19.1. The van der Waals surface area contributed by atoms with E-state index in [1.165, 1.54) is 35.0 Å². The fourth-order valence-electron chi connectivity index (χ4n) is 3.28. The molecule has 3 rings (SSSR count). The van der Waals surface area contributed by atoms with Gasteiger partial charge in [-0.3, -0.25) is 9.59 Å². The number of fused-ring (bicyclic) bond motifs is 1. The van der Waals surface area contributed by atoms with Crippen molar-refractivity contribution in [1.29, 1.82) is 0 Å². The smallest absolute Gasteiger partial charge is 0.280 e. The molecule has 0 aliphatic rings. The Morgan fingerprint density at radius 2 is 1.87 bits per heavy atom. The van der Waals surface area contributed by atoms with E-state index in [2.05, 4.69) is 17.5 Å². The summed E-state index contributed by atoms with van der Waals surface area (Å²) in [5, 5.41) is 14.9. The predicted octanol–water partition coefficient (Wildman–Crippen LogP) is 4.19. The maximum Gasteiger partial charge on any atom is 0.280 e. The largest absolute Gasteiger partial charge is 0.506 e. The molecule has 1 amide bonds. The van der Waals surface area contributed by atoms with Crippen molar-refractivity contribution in [3.8, 4) is 5.75 Å². The van der Waals surface area contributed by atoms with Gasteiger partial charge in [-0.05, 0) is 36.2 Å². The molecule has 3 aromatic rings. The molecule has 1 aromatic heterocycles. The fraction of sp³-hybridized carbons (Fsp3) is 0.261. The monoisotopic (exact) mass is 409 g/mol. The number of aryl methyl sites for hydroxylation is 1. The van der Waals surface area contributed by atoms with Crippen molar-refractivity contribution in [2.75, 3.05) is 0 Å². The van der Waals surface area contributed by atoms with Crippen LogP contribution in [0.15, 0.2) is 58.4 Å². The van der Waals surface area contributed by atoms with E-state index in [0.29, 0.717) is 23.0 Å². The van der Waals surface area contributed by atoms with Gasteiger partial charge in [-0.25, -0.2) is 9.82 Å². The van der Waals surface area contributed by atoms with Crippen LogP contribution in [0.2, 0.25) is 0 Å². The highest BCUT2D eigenvalue weighted by molar-refractivity contribution is 6.02. The van der Waals surface area contributed by atoms with E-state index >= 15 is 0 Å². The molecular weight excluding hydrogens is 385 g/mol. The Morgan fingerprint density at radius 3 is 2.60 bits per heavy atom. The van der Waals surface area contributed by atoms with Gasteiger partial charge < -0.3 is 9.67 Å². The number of carbonyl (C=O) groups is 1. The second kappa shape index (κ2) is 9.82. The fourth-order valence-corrected chi connectivity index (χ4v) is 3.28. The SMILES string of the molecule is CCCCCCn1c(=O)c(C(=O)NN=Cc2ccc(F)cc2)c(O)c2ccccc21. The number of aromatic nitrogens is 1. The first-order valence-corrected chi connectivity index (χ1v) is 9.96. The Kier molecular flexibility index (Phi) is 6.95. The molecule has 0 unspecified atom stereocenters. The molecule has 0 spiro atoms. The van der Waals surface area contributed by atoms with Crippen molar-refractivity contribution in [3.05, 3.63) is 75.8 Å². The molecule has 30 heavy (non-hydrogen) atoms. The number of halogens is 1. The van der Waals surface area contributed by atoms with Crippen LogP contribution in [-0.2, 0) is 6.54 Å². The number of unbranched alkanes of at least 4 members (excludes halogenated alkanes) is 3. The minimum absolute atomic E-state index is 0.347. The number of rotatable bonds is 8. The molecule has 0 bridgehead atoms. The lowest BCUT2D eigenvalue weighted by molar-refractivity contribution is 0.0950. The van der Waals surface area contributed by atoms with Crippen molar-refractivity contribution in [3.63, 3.8) is 0 Å². The van der Waals surface area contributed by atoms with Crippen LogP contribution in [-0.4, -0.2) is 21.8 Å². The number of hydrogen-bond acceptors (Lipinski definition) is 4. The van der Waals surface area contributed by atoms with E-state index < -0.39 is 11.5 Å². The van der Waals surface area contributed by atoms with E-state index in [1.807, 2.05) is 0 Å². The number of carbonyl (C=O) groups excluding carboxylic acids is 1. The third-order valence-electron chi connectivity index (χ3n) is 4.86. The van der Waals surface area contributed by atoms with E-state index in [9.17, 15) is 19.1 Å². The van der Waals surface area contributed by atoms with E-state index in [1.54, 1.807) is 24.3 Å². The third kappa shape index (κ3) is 4.74. The quantitative estimate of drug-likeness (QED) is 0.332. The molecule has 2 aromatic carbocycles. The summed E-state index contributed by atoms with van der Waals surface area (Å²) in [5.74, 6) is -1.55. The van der Waals surface area contributed by atoms with Gasteiger partial charge in [0.05, 0.1) is 11.7 Å². The molecule has 0 atom stereocenters. The van der Waals surface area contributed by atoms with Crippen molar-refractivity contribution < 1.29 is 14.3 Å². The zero-order valence-electron chi connectivity index (χ0n) is 16.8. The summed E-state index contributed by atoms with van der Waals surface area (Å²) in [6.45, 7) is 2.57. The number of hydrazone groups is 1. The lowest BCUT2D eigenvalue weighted by Gasteiger charge is -2.14. The number of pyridine rings is 1. The average molecular weight is 409 g/mol. The minimum Gasteiger partial charge on any atom is -0.506 e. The first kappa shape index (κ1) is 21.2. The zero-order chi connectivity index (χ0) is 21.5. The van der Waals surface area contributed by atoms with Gasteiger partial charge in [0.2, 0.25) is 0 Å². The lowest BCUT2D eigenvalue weighted by Crippen LogP contribution is -2.31. The number of hydrogen-bond donors (Lipinski definition) is 2. The van der Waals surface area contributed by atoms with Gasteiger partial charge in [0.1, 0.15) is 17.1 Å². The van der Waals surface area contributed by atoms with Crippen molar-refractivity contribution in [1.82, 2.24) is 9.99 Å². The summed E-state index contributed by atoms with van der Waals surface area (Å²) in [7, 11) is 0. The van der Waals surface area contributed by atoms with Gasteiger partial charge in [-0.2, -0.15) is 5.10 Å². The molecule has 0 radical (unpaired) electrons. The summed E-state index contributed by atoms with van der Waals surface area (Å²) >= 11 is 0. The number of nitrogens with zero attached hydrogens (tertiary/aromatic N) is 2. The van der Waals surface area contributed by atoms with E-state index in [-0.39, 0.29) is 17.1 Å². The van der Waals surface area contributed by atoms with Crippen molar-refractivity contribution in [2.45, 2.75) is 39.2 Å². The third-order valence-corrected chi connectivity index (χ3v) is 4.86. The zero-order valence-corrected chi connectivity index (χ0v) is 16.8. The minimum atomic E-state index is -0.802. The van der Waals surface area contributed by atoms with Crippen LogP contribution < -0.4 is 11.0 Å². The van der Waals surface area contributed by atoms with Crippen LogP contribution in [0.5, 0.6) is 5.75 Å². The van der Waals surface area contributed by atoms with E-state index in [4.69, 9.17) is 0 Å². The number of para-hydroxylation sites is 1. The topological polar surface area (TPSA) is 83.7 Å². The maximum atomic E-state index is 13.0. The van der Waals surface area contributed by atoms with Crippen LogP contribution in [0.25, 0.3) is 10.9 Å². The van der Waals surface area contributed by atoms with Crippen LogP contribution in [0.4, 0.5) is 4.39 Å². The second-order valence-corrected chi connectivity index (χ2v) is 7.01. The first-order chi connectivity index (χ1) is 14.5. The lowest BCUT2D eigenvalue weighted by atomic mass is 10.1. The second-order valence-electron chi connectivity index (χ2n) is 7.01. The van der Waals surface area contributed by atoms with Crippen LogP contribution >= 0.6 is 0 Å². The van der Waals surface area contributed by atoms with Gasteiger partial charge >= 0.3 is 0 Å². The predicted molar refractivity (Wildman–Crippen MR) is 115 cm³/mol. The van der Waals surface area contributed by atoms with Gasteiger partial charge in [-0.1, -0.05) is 50.5 Å². The summed E-state index contributed by atoms with van der Waals surface area (Å²) in [6.07, 6.45) is 5.24. The maximum absolute atomic E-state index is 13.0. The molecule has 7 heteroatoms. The number of amides is 1. The highest BCUT2D eigenvalue weighted by Crippen LogP contribution is 2.26. The van der Waals surface area contributed by atoms with Crippen LogP contribution in [0.1, 0.15) is 48.5 Å². The Hall–Kier alpha value is -3.48. The van der Waals surface area contributed by atoms with Gasteiger partial charge in [0.15, 0.2) is 0 Å². The normalized spacial score (nSPS) is 11.3. The van der Waals surface area contributed by atoms with Gasteiger partial charge in [-0.15, -0.1) is 0 Å². The van der Waals surface area contributed by atoms with E-state index in [0.717, 1.165) is 25.7 Å². The molecule has 0 saturated heterocycles. The van der Waals surface area contributed by atoms with Gasteiger partial charge in [0, 0.05) is 11.9 Å². The average Bonchev–Trinajstić information content (AvgIpc) is 2.75. The molecule has 0 aliphatic heterocycles. The summed E-state index contributed by atoms with van der Waals surface area (Å²) in [4.78, 5) is 25.7. The molecular formula is C23H24FN3O3. The molecule has 156 valence electrons. The molecule has 2 N–H and O–H groups in total. The Balaban J connectivity index is 1.91. The number of benzene rings is 2. The summed E-state index contributed by atoms with van der Waals surface area (Å²) in [6, 6.07) is 12.5. The van der Waals surface area contributed by atoms with Crippen molar-refractivity contribution >= 4 is 23.0 Å².